The van der Waals surface area contributed by atoms with Crippen molar-refractivity contribution in [1.82, 2.24) is 15.5 Å². The minimum absolute atomic E-state index is 0.0805. The molecule has 0 aromatic carbocycles. The third kappa shape index (κ3) is 2.63. The van der Waals surface area contributed by atoms with Crippen molar-refractivity contribution in [1.29, 1.82) is 0 Å². The molecule has 2 atom stereocenters. The third-order valence-corrected chi connectivity index (χ3v) is 4.31. The molecule has 0 radical (unpaired) electrons. The van der Waals surface area contributed by atoms with Gasteiger partial charge in [-0.15, -0.1) is 0 Å². The van der Waals surface area contributed by atoms with Crippen LogP contribution in [0.15, 0.2) is 0 Å². The second-order valence-electron chi connectivity index (χ2n) is 6.01. The van der Waals surface area contributed by atoms with Crippen LogP contribution in [0.25, 0.3) is 0 Å². The van der Waals surface area contributed by atoms with Crippen molar-refractivity contribution in [2.45, 2.75) is 44.7 Å². The van der Waals surface area contributed by atoms with E-state index in [2.05, 4.69) is 10.6 Å². The first-order valence-corrected chi connectivity index (χ1v) is 6.98. The lowest BCUT2D eigenvalue weighted by Gasteiger charge is -2.28. The van der Waals surface area contributed by atoms with Gasteiger partial charge in [0.15, 0.2) is 0 Å². The number of imide groups is 1. The summed E-state index contributed by atoms with van der Waals surface area (Å²) in [5.41, 5.74) is 4.69. The highest BCUT2D eigenvalue weighted by Crippen LogP contribution is 2.25. The van der Waals surface area contributed by atoms with E-state index >= 15 is 0 Å². The van der Waals surface area contributed by atoms with E-state index in [-0.39, 0.29) is 24.4 Å². The molecule has 7 nitrogen and oxygen atoms in total. The van der Waals surface area contributed by atoms with Gasteiger partial charge in [-0.25, -0.2) is 4.79 Å². The lowest BCUT2D eigenvalue weighted by Crippen LogP contribution is -2.51. The van der Waals surface area contributed by atoms with Gasteiger partial charge in [-0.2, -0.15) is 0 Å². The quantitative estimate of drug-likeness (QED) is 0.608. The van der Waals surface area contributed by atoms with Gasteiger partial charge < -0.3 is 16.0 Å². The monoisotopic (exact) mass is 282 g/mol. The summed E-state index contributed by atoms with van der Waals surface area (Å²) in [7, 11) is 0. The highest BCUT2D eigenvalue weighted by atomic mass is 16.2. The molecular formula is C13H22N4O3. The summed E-state index contributed by atoms with van der Waals surface area (Å²) in [4.78, 5) is 36.6. The zero-order valence-corrected chi connectivity index (χ0v) is 11.9. The molecule has 0 aromatic heterocycles. The minimum atomic E-state index is -0.989. The van der Waals surface area contributed by atoms with Crippen molar-refractivity contribution in [3.05, 3.63) is 0 Å². The molecule has 4 amide bonds. The third-order valence-electron chi connectivity index (χ3n) is 4.31. The van der Waals surface area contributed by atoms with E-state index < -0.39 is 11.6 Å². The first kappa shape index (κ1) is 14.8. The molecule has 1 saturated carbocycles. The second kappa shape index (κ2) is 5.40. The molecule has 4 N–H and O–H groups in total. The van der Waals surface area contributed by atoms with E-state index in [1.54, 1.807) is 13.8 Å². The average molecular weight is 282 g/mol. The number of nitrogens with two attached hydrogens (primary N) is 1. The SMILES string of the molecule is CC1(C)C(=O)NC(=O)N1CC(=O)NC1CCCC1CN. The van der Waals surface area contributed by atoms with Gasteiger partial charge in [-0.3, -0.25) is 14.9 Å². The highest BCUT2D eigenvalue weighted by molar-refractivity contribution is 6.07. The molecule has 2 aliphatic rings. The lowest BCUT2D eigenvalue weighted by molar-refractivity contribution is -0.127. The first-order chi connectivity index (χ1) is 9.36. The van der Waals surface area contributed by atoms with Gasteiger partial charge in [0.1, 0.15) is 12.1 Å². The van der Waals surface area contributed by atoms with E-state index in [0.29, 0.717) is 12.5 Å². The van der Waals surface area contributed by atoms with Crippen LogP contribution >= 0.6 is 0 Å². The standard InChI is InChI=1S/C13H22N4O3/c1-13(2)11(19)16-12(20)17(13)7-10(18)15-9-5-3-4-8(9)6-14/h8-9H,3-7,14H2,1-2H3,(H,15,18)(H,16,19,20). The number of carbonyl (C=O) groups is 3. The summed E-state index contributed by atoms with van der Waals surface area (Å²) in [5, 5.41) is 5.15. The molecule has 2 unspecified atom stereocenters. The number of rotatable bonds is 4. The Morgan fingerprint density at radius 2 is 2.15 bits per heavy atom. The fourth-order valence-corrected chi connectivity index (χ4v) is 2.87. The Hall–Kier alpha value is -1.63. The van der Waals surface area contributed by atoms with Gasteiger partial charge in [0.2, 0.25) is 5.91 Å². The molecule has 2 rings (SSSR count). The van der Waals surface area contributed by atoms with Gasteiger partial charge in [0, 0.05) is 6.04 Å². The van der Waals surface area contributed by atoms with Gasteiger partial charge >= 0.3 is 6.03 Å². The van der Waals surface area contributed by atoms with Gasteiger partial charge in [0.05, 0.1) is 0 Å². The van der Waals surface area contributed by atoms with Crippen LogP contribution in [0.1, 0.15) is 33.1 Å². The van der Waals surface area contributed by atoms with E-state index in [1.807, 2.05) is 0 Å². The van der Waals surface area contributed by atoms with Crippen molar-refractivity contribution in [3.63, 3.8) is 0 Å². The number of amides is 4. The van der Waals surface area contributed by atoms with Gasteiger partial charge in [-0.1, -0.05) is 6.42 Å². The van der Waals surface area contributed by atoms with Crippen molar-refractivity contribution < 1.29 is 14.4 Å². The number of carbonyl (C=O) groups excluding carboxylic acids is 3. The Morgan fingerprint density at radius 1 is 1.45 bits per heavy atom. The molecule has 0 spiro atoms. The van der Waals surface area contributed by atoms with Crippen molar-refractivity contribution in [3.8, 4) is 0 Å². The summed E-state index contributed by atoms with van der Waals surface area (Å²) in [6.07, 6.45) is 3.00. The molecule has 1 aliphatic carbocycles. The molecule has 0 bridgehead atoms. The molecule has 1 heterocycles. The van der Waals surface area contributed by atoms with Crippen LogP contribution in [0, 0.1) is 5.92 Å². The smallest absolute Gasteiger partial charge is 0.325 e. The minimum Gasteiger partial charge on any atom is -0.352 e. The zero-order valence-electron chi connectivity index (χ0n) is 11.9. The maximum atomic E-state index is 12.1. The molecule has 7 heteroatoms. The van der Waals surface area contributed by atoms with E-state index in [0.717, 1.165) is 19.3 Å². The molecule has 1 saturated heterocycles. The Morgan fingerprint density at radius 3 is 2.70 bits per heavy atom. The molecular weight excluding hydrogens is 260 g/mol. The number of urea groups is 1. The van der Waals surface area contributed by atoms with Gasteiger partial charge in [-0.05, 0) is 39.2 Å². The Bertz CT molecular complexity index is 435. The summed E-state index contributed by atoms with van der Waals surface area (Å²) in [6, 6.07) is -0.436. The summed E-state index contributed by atoms with van der Waals surface area (Å²) in [6.45, 7) is 3.69. The predicted molar refractivity (Wildman–Crippen MR) is 72.6 cm³/mol. The predicted octanol–water partition coefficient (Wildman–Crippen LogP) is -0.440. The Balaban J connectivity index is 1.95. The van der Waals surface area contributed by atoms with Gasteiger partial charge in [0.25, 0.3) is 5.91 Å². The first-order valence-electron chi connectivity index (χ1n) is 6.98. The van der Waals surface area contributed by atoms with Crippen LogP contribution in [-0.2, 0) is 9.59 Å². The summed E-state index contributed by atoms with van der Waals surface area (Å²) < 4.78 is 0. The van der Waals surface area contributed by atoms with E-state index in [4.69, 9.17) is 5.73 Å². The maximum Gasteiger partial charge on any atom is 0.325 e. The van der Waals surface area contributed by atoms with Crippen LogP contribution in [0.4, 0.5) is 4.79 Å². The summed E-state index contributed by atoms with van der Waals surface area (Å²) in [5.74, 6) is -0.315. The molecule has 1 aliphatic heterocycles. The topological polar surface area (TPSA) is 105 Å². The van der Waals surface area contributed by atoms with Crippen LogP contribution in [0.5, 0.6) is 0 Å². The number of nitrogens with zero attached hydrogens (tertiary/aromatic N) is 1. The molecule has 0 aromatic rings. The van der Waals surface area contributed by atoms with Crippen LogP contribution in [0.3, 0.4) is 0 Å². The van der Waals surface area contributed by atoms with Crippen molar-refractivity contribution in [2.75, 3.05) is 13.1 Å². The number of hydrogen-bond donors (Lipinski definition) is 3. The number of hydrogen-bond acceptors (Lipinski definition) is 4. The average Bonchev–Trinajstić information content (AvgIpc) is 2.88. The highest BCUT2D eigenvalue weighted by Gasteiger charge is 2.46. The number of nitrogens with one attached hydrogen (secondary N) is 2. The zero-order chi connectivity index (χ0) is 14.9. The second-order valence-corrected chi connectivity index (χ2v) is 6.01. The molecule has 112 valence electrons. The lowest BCUT2D eigenvalue weighted by atomic mass is 10.0. The summed E-state index contributed by atoms with van der Waals surface area (Å²) >= 11 is 0. The fourth-order valence-electron chi connectivity index (χ4n) is 2.87. The maximum absolute atomic E-state index is 12.1. The van der Waals surface area contributed by atoms with Crippen molar-refractivity contribution in [2.24, 2.45) is 11.7 Å². The largest absolute Gasteiger partial charge is 0.352 e. The van der Waals surface area contributed by atoms with E-state index in [9.17, 15) is 14.4 Å². The molecule has 2 fully saturated rings. The van der Waals surface area contributed by atoms with E-state index in [1.165, 1.54) is 4.90 Å². The normalized spacial score (nSPS) is 28.6. The Labute approximate surface area is 118 Å². The van der Waals surface area contributed by atoms with Crippen LogP contribution < -0.4 is 16.4 Å². The fraction of sp³-hybridized carbons (Fsp3) is 0.769. The molecule has 20 heavy (non-hydrogen) atoms. The van der Waals surface area contributed by atoms with Crippen molar-refractivity contribution >= 4 is 17.8 Å². The van der Waals surface area contributed by atoms with Crippen LogP contribution in [-0.4, -0.2) is 47.4 Å². The Kier molecular flexibility index (Phi) is 3.99. The van der Waals surface area contributed by atoms with Crippen LogP contribution in [0.2, 0.25) is 0 Å².